The van der Waals surface area contributed by atoms with E-state index in [1.807, 2.05) is 13.8 Å². The number of ether oxygens (including phenoxy) is 2. The molecule has 2 fully saturated rings. The van der Waals surface area contributed by atoms with Crippen molar-refractivity contribution in [2.75, 3.05) is 0 Å². The van der Waals surface area contributed by atoms with Crippen LogP contribution in [0, 0.1) is 11.8 Å². The Balaban J connectivity index is 1.78. The van der Waals surface area contributed by atoms with Gasteiger partial charge in [-0.15, -0.1) is 0 Å². The molecule has 0 aromatic heterocycles. The van der Waals surface area contributed by atoms with Gasteiger partial charge < -0.3 is 14.6 Å². The van der Waals surface area contributed by atoms with E-state index >= 15 is 0 Å². The van der Waals surface area contributed by atoms with E-state index in [2.05, 4.69) is 19.9 Å². The van der Waals surface area contributed by atoms with Crippen LogP contribution in [0.5, 0.6) is 0 Å². The molecule has 24 heavy (non-hydrogen) atoms. The van der Waals surface area contributed by atoms with Crippen molar-refractivity contribution in [1.29, 1.82) is 0 Å². The third-order valence-electron chi connectivity index (χ3n) is 6.54. The van der Waals surface area contributed by atoms with Crippen molar-refractivity contribution in [1.82, 2.24) is 0 Å². The number of epoxide rings is 1. The zero-order chi connectivity index (χ0) is 17.5. The van der Waals surface area contributed by atoms with E-state index in [1.54, 1.807) is 0 Å². The molecule has 0 radical (unpaired) electrons. The minimum absolute atomic E-state index is 0.0243. The molecule has 3 aliphatic rings. The Kier molecular flexibility index (Phi) is 4.82. The van der Waals surface area contributed by atoms with Gasteiger partial charge in [-0.2, -0.15) is 0 Å². The molecule has 136 valence electrons. The van der Waals surface area contributed by atoms with Crippen LogP contribution in [0.3, 0.4) is 0 Å². The van der Waals surface area contributed by atoms with Gasteiger partial charge in [-0.25, -0.2) is 0 Å². The van der Waals surface area contributed by atoms with Gasteiger partial charge in [0.15, 0.2) is 0 Å². The number of aliphatic hydroxyl groups is 1. The molecule has 4 heteroatoms. The van der Waals surface area contributed by atoms with Gasteiger partial charge in [0.2, 0.25) is 0 Å². The Bertz CT molecular complexity index is 524. The monoisotopic (exact) mass is 336 g/mol. The van der Waals surface area contributed by atoms with Gasteiger partial charge in [-0.05, 0) is 71.6 Å². The molecule has 2 bridgehead atoms. The molecule has 0 spiro atoms. The molecule has 2 aliphatic heterocycles. The zero-order valence-corrected chi connectivity index (χ0v) is 15.5. The van der Waals surface area contributed by atoms with Gasteiger partial charge in [0.1, 0.15) is 6.10 Å². The van der Waals surface area contributed by atoms with Gasteiger partial charge in [-0.1, -0.05) is 18.6 Å². The summed E-state index contributed by atoms with van der Waals surface area (Å²) < 4.78 is 11.6. The largest absolute Gasteiger partial charge is 0.459 e. The van der Waals surface area contributed by atoms with Crippen molar-refractivity contribution in [3.05, 3.63) is 11.6 Å². The summed E-state index contributed by atoms with van der Waals surface area (Å²) >= 11 is 0. The molecular formula is C20H32O4. The van der Waals surface area contributed by atoms with Crippen LogP contribution in [0.1, 0.15) is 72.6 Å². The van der Waals surface area contributed by atoms with Crippen molar-refractivity contribution in [2.45, 2.75) is 96.1 Å². The fraction of sp³-hybridized carbons (Fsp3) is 0.850. The molecule has 0 unspecified atom stereocenters. The number of rotatable bonds is 0. The normalized spacial score (nSPS) is 49.2. The van der Waals surface area contributed by atoms with Crippen molar-refractivity contribution in [3.8, 4) is 0 Å². The number of fused-ring (bicyclic) bond motifs is 3. The van der Waals surface area contributed by atoms with Gasteiger partial charge in [0, 0.05) is 0 Å². The van der Waals surface area contributed by atoms with Gasteiger partial charge in [0.05, 0.1) is 23.2 Å². The van der Waals surface area contributed by atoms with E-state index in [9.17, 15) is 9.90 Å². The van der Waals surface area contributed by atoms with Crippen LogP contribution in [0.25, 0.3) is 0 Å². The van der Waals surface area contributed by atoms with Crippen LogP contribution in [0.15, 0.2) is 11.6 Å². The highest BCUT2D eigenvalue weighted by atomic mass is 16.6. The van der Waals surface area contributed by atoms with E-state index in [4.69, 9.17) is 9.47 Å². The van der Waals surface area contributed by atoms with Crippen LogP contribution >= 0.6 is 0 Å². The van der Waals surface area contributed by atoms with Crippen molar-refractivity contribution in [3.63, 3.8) is 0 Å². The van der Waals surface area contributed by atoms with Crippen molar-refractivity contribution < 1.29 is 19.4 Å². The molecule has 6 atom stereocenters. The predicted molar refractivity (Wildman–Crippen MR) is 92.5 cm³/mol. The van der Waals surface area contributed by atoms with Crippen LogP contribution in [-0.2, 0) is 14.3 Å². The SMILES string of the molecule is C/C1=C\CC[C@](C)(O)[C@H]2C[C@@H](CC[C@]3(C)O[C@H]3CC1)[C@H](C)C(=O)O2. The molecule has 2 saturated heterocycles. The summed E-state index contributed by atoms with van der Waals surface area (Å²) in [4.78, 5) is 12.3. The maximum Gasteiger partial charge on any atom is 0.309 e. The Morgan fingerprint density at radius 2 is 1.96 bits per heavy atom. The lowest BCUT2D eigenvalue weighted by Gasteiger charge is -2.40. The smallest absolute Gasteiger partial charge is 0.309 e. The Morgan fingerprint density at radius 1 is 1.21 bits per heavy atom. The topological polar surface area (TPSA) is 59.1 Å². The third-order valence-corrected chi connectivity index (χ3v) is 6.54. The lowest BCUT2D eigenvalue weighted by atomic mass is 9.76. The summed E-state index contributed by atoms with van der Waals surface area (Å²) in [5.74, 6) is 0.0197. The molecule has 3 rings (SSSR count). The second kappa shape index (κ2) is 6.45. The van der Waals surface area contributed by atoms with Crippen LogP contribution in [-0.4, -0.2) is 34.5 Å². The van der Waals surface area contributed by atoms with Crippen LogP contribution in [0.4, 0.5) is 0 Å². The number of hydrogen-bond acceptors (Lipinski definition) is 4. The molecule has 1 N–H and O–H groups in total. The fourth-order valence-electron chi connectivity index (χ4n) is 4.30. The van der Waals surface area contributed by atoms with Gasteiger partial charge in [0.25, 0.3) is 0 Å². The predicted octanol–water partition coefficient (Wildman–Crippen LogP) is 3.76. The Hall–Kier alpha value is -0.870. The molecule has 4 nitrogen and oxygen atoms in total. The second-order valence-electron chi connectivity index (χ2n) is 8.65. The molecule has 0 saturated carbocycles. The zero-order valence-electron chi connectivity index (χ0n) is 15.5. The molecule has 0 amide bonds. The first kappa shape index (κ1) is 17.9. The highest BCUT2D eigenvalue weighted by Gasteiger charge is 2.52. The summed E-state index contributed by atoms with van der Waals surface area (Å²) in [6.45, 7) is 8.12. The van der Waals surface area contributed by atoms with Crippen molar-refractivity contribution in [2.24, 2.45) is 11.8 Å². The van der Waals surface area contributed by atoms with E-state index in [-0.39, 0.29) is 23.4 Å². The average molecular weight is 336 g/mol. The highest BCUT2D eigenvalue weighted by molar-refractivity contribution is 5.73. The molecule has 2 heterocycles. The quantitative estimate of drug-likeness (QED) is 0.416. The number of carbonyl (C=O) groups excluding carboxylic acids is 1. The first-order valence-electron chi connectivity index (χ1n) is 9.47. The highest BCUT2D eigenvalue weighted by Crippen LogP contribution is 2.46. The lowest BCUT2D eigenvalue weighted by molar-refractivity contribution is -0.184. The summed E-state index contributed by atoms with van der Waals surface area (Å²) in [7, 11) is 0. The van der Waals surface area contributed by atoms with E-state index in [0.717, 1.165) is 38.5 Å². The molecule has 0 aromatic rings. The molecule has 1 aliphatic carbocycles. The number of allylic oxidation sites excluding steroid dienone is 2. The third kappa shape index (κ3) is 3.70. The van der Waals surface area contributed by atoms with Gasteiger partial charge in [-0.3, -0.25) is 4.79 Å². The summed E-state index contributed by atoms with van der Waals surface area (Å²) in [5.41, 5.74) is 0.369. The minimum atomic E-state index is -0.961. The lowest BCUT2D eigenvalue weighted by Crippen LogP contribution is -2.49. The Labute approximate surface area is 145 Å². The second-order valence-corrected chi connectivity index (χ2v) is 8.65. The first-order chi connectivity index (χ1) is 11.2. The summed E-state index contributed by atoms with van der Waals surface area (Å²) in [6, 6.07) is 0. The van der Waals surface area contributed by atoms with Crippen molar-refractivity contribution >= 4 is 5.97 Å². The van der Waals surface area contributed by atoms with Gasteiger partial charge >= 0.3 is 5.97 Å². The Morgan fingerprint density at radius 3 is 2.71 bits per heavy atom. The average Bonchev–Trinajstić information content (AvgIpc) is 3.16. The maximum absolute atomic E-state index is 12.3. The number of carbonyl (C=O) groups is 1. The minimum Gasteiger partial charge on any atom is -0.459 e. The van der Waals surface area contributed by atoms with E-state index in [0.29, 0.717) is 12.5 Å². The summed E-state index contributed by atoms with van der Waals surface area (Å²) in [6.07, 6.45) is 8.44. The fourth-order valence-corrected chi connectivity index (χ4v) is 4.30. The molecule has 0 aromatic carbocycles. The first-order valence-corrected chi connectivity index (χ1v) is 9.47. The standard InChI is InChI=1S/C20H32O4/c1-13-6-5-10-19(3,22)17-12-15(14(2)18(21)23-17)9-11-20(4)16(24-20)8-7-13/h6,14-17,22H,5,7-12H2,1-4H3/b13-6+/t14-,15+,16-,17+,19-,20-/m0/s1. The number of hydrogen-bond donors (Lipinski definition) is 1. The molecular weight excluding hydrogens is 304 g/mol. The van der Waals surface area contributed by atoms with E-state index in [1.165, 1.54) is 5.57 Å². The van der Waals surface area contributed by atoms with E-state index < -0.39 is 11.7 Å². The van der Waals surface area contributed by atoms with Crippen LogP contribution < -0.4 is 0 Å². The van der Waals surface area contributed by atoms with Crippen LogP contribution in [0.2, 0.25) is 0 Å². The maximum atomic E-state index is 12.3. The number of esters is 1. The summed E-state index contributed by atoms with van der Waals surface area (Å²) in [5, 5.41) is 10.9.